The molecule has 0 radical (unpaired) electrons. The first kappa shape index (κ1) is 18.7. The quantitative estimate of drug-likeness (QED) is 0.206. The van der Waals surface area contributed by atoms with Crippen molar-refractivity contribution in [3.8, 4) is 28.1 Å². The van der Waals surface area contributed by atoms with Gasteiger partial charge in [0.1, 0.15) is 5.75 Å². The highest BCUT2D eigenvalue weighted by Gasteiger charge is 2.14. The van der Waals surface area contributed by atoms with Gasteiger partial charge in [-0.15, -0.1) is 0 Å². The molecule has 6 heteroatoms. The Morgan fingerprint density at radius 3 is 2.29 bits per heavy atom. The molecule has 2 aromatic heterocycles. The van der Waals surface area contributed by atoms with Gasteiger partial charge in [-0.2, -0.15) is 0 Å². The first-order valence-corrected chi connectivity index (χ1v) is 9.72. The Morgan fingerprint density at radius 2 is 1.58 bits per heavy atom. The molecule has 0 amide bonds. The van der Waals surface area contributed by atoms with Crippen molar-refractivity contribution in [2.45, 2.75) is 0 Å². The summed E-state index contributed by atoms with van der Waals surface area (Å²) in [4.78, 5) is 20.0. The SMILES string of the molecule is COc1ccc(-c2cc(-c3ccc([N+](=O)[O-])cc3)nc3cnc4ccccc4c23)cc1. The van der Waals surface area contributed by atoms with E-state index in [1.54, 1.807) is 25.4 Å². The van der Waals surface area contributed by atoms with Crippen LogP contribution in [0.4, 0.5) is 5.69 Å². The van der Waals surface area contributed by atoms with Crippen LogP contribution in [0, 0.1) is 10.1 Å². The van der Waals surface area contributed by atoms with Gasteiger partial charge in [-0.05, 0) is 47.5 Å². The minimum atomic E-state index is -0.406. The number of pyridine rings is 2. The van der Waals surface area contributed by atoms with Gasteiger partial charge in [-0.1, -0.05) is 30.3 Å². The van der Waals surface area contributed by atoms with Crippen molar-refractivity contribution < 1.29 is 9.66 Å². The second-order valence-corrected chi connectivity index (χ2v) is 7.12. The summed E-state index contributed by atoms with van der Waals surface area (Å²) in [7, 11) is 1.64. The topological polar surface area (TPSA) is 78.2 Å². The van der Waals surface area contributed by atoms with E-state index in [2.05, 4.69) is 4.98 Å². The molecule has 3 aromatic carbocycles. The highest BCUT2D eigenvalue weighted by atomic mass is 16.6. The number of nitro groups is 1. The third-order valence-corrected chi connectivity index (χ3v) is 5.32. The molecule has 0 atom stereocenters. The van der Waals surface area contributed by atoms with E-state index in [4.69, 9.17) is 9.72 Å². The van der Waals surface area contributed by atoms with Crippen molar-refractivity contribution in [1.82, 2.24) is 9.97 Å². The van der Waals surface area contributed by atoms with E-state index < -0.39 is 4.92 Å². The highest BCUT2D eigenvalue weighted by molar-refractivity contribution is 6.12. The number of nitrogens with zero attached hydrogens (tertiary/aromatic N) is 3. The van der Waals surface area contributed by atoms with Gasteiger partial charge in [-0.3, -0.25) is 15.1 Å². The van der Waals surface area contributed by atoms with Crippen LogP contribution >= 0.6 is 0 Å². The van der Waals surface area contributed by atoms with E-state index in [-0.39, 0.29) is 5.69 Å². The van der Waals surface area contributed by atoms with Crippen LogP contribution < -0.4 is 4.74 Å². The Morgan fingerprint density at radius 1 is 0.871 bits per heavy atom. The molecule has 0 fully saturated rings. The maximum Gasteiger partial charge on any atom is 0.269 e. The molecule has 0 unspecified atom stereocenters. The summed E-state index contributed by atoms with van der Waals surface area (Å²) in [6.45, 7) is 0. The predicted molar refractivity (Wildman–Crippen MR) is 121 cm³/mol. The average Bonchev–Trinajstić information content (AvgIpc) is 2.83. The summed E-state index contributed by atoms with van der Waals surface area (Å²) in [6.07, 6.45) is 1.78. The van der Waals surface area contributed by atoms with Gasteiger partial charge >= 0.3 is 0 Å². The lowest BCUT2D eigenvalue weighted by Gasteiger charge is -2.13. The van der Waals surface area contributed by atoms with E-state index in [1.807, 2.05) is 54.6 Å². The van der Waals surface area contributed by atoms with Gasteiger partial charge in [0.05, 0.1) is 35.0 Å². The summed E-state index contributed by atoms with van der Waals surface area (Å²) >= 11 is 0. The Bertz CT molecular complexity index is 1430. The van der Waals surface area contributed by atoms with Crippen LogP contribution in [0.5, 0.6) is 5.75 Å². The Kier molecular flexibility index (Phi) is 4.52. The molecule has 5 aromatic rings. The lowest BCUT2D eigenvalue weighted by atomic mass is 9.96. The van der Waals surface area contributed by atoms with Gasteiger partial charge in [0.25, 0.3) is 5.69 Å². The molecular formula is C25H17N3O3. The number of aromatic nitrogens is 2. The van der Waals surface area contributed by atoms with Crippen molar-refractivity contribution in [1.29, 1.82) is 0 Å². The number of hydrogen-bond acceptors (Lipinski definition) is 5. The minimum absolute atomic E-state index is 0.0487. The fourth-order valence-corrected chi connectivity index (χ4v) is 3.77. The molecule has 6 nitrogen and oxygen atoms in total. The average molecular weight is 407 g/mol. The largest absolute Gasteiger partial charge is 0.497 e. The number of para-hydroxylation sites is 1. The van der Waals surface area contributed by atoms with E-state index in [9.17, 15) is 10.1 Å². The molecule has 0 aliphatic carbocycles. The molecular weight excluding hydrogens is 390 g/mol. The zero-order chi connectivity index (χ0) is 21.4. The third-order valence-electron chi connectivity index (χ3n) is 5.32. The van der Waals surface area contributed by atoms with Gasteiger partial charge < -0.3 is 4.74 Å². The van der Waals surface area contributed by atoms with Crippen LogP contribution in [0.1, 0.15) is 0 Å². The van der Waals surface area contributed by atoms with E-state index >= 15 is 0 Å². The monoisotopic (exact) mass is 407 g/mol. The van der Waals surface area contributed by atoms with Crippen LogP contribution in [0.25, 0.3) is 44.2 Å². The normalized spacial score (nSPS) is 11.0. The third kappa shape index (κ3) is 3.34. The fraction of sp³-hybridized carbons (Fsp3) is 0.0400. The number of methoxy groups -OCH3 is 1. The number of benzene rings is 3. The van der Waals surface area contributed by atoms with Crippen LogP contribution in [-0.4, -0.2) is 22.0 Å². The Balaban J connectivity index is 1.79. The highest BCUT2D eigenvalue weighted by Crippen LogP contribution is 2.36. The molecule has 2 heterocycles. The molecule has 0 aliphatic heterocycles. The zero-order valence-electron chi connectivity index (χ0n) is 16.6. The summed E-state index contributed by atoms with van der Waals surface area (Å²) in [5, 5.41) is 13.0. The summed E-state index contributed by atoms with van der Waals surface area (Å²) in [5.41, 5.74) is 5.27. The van der Waals surface area contributed by atoms with Gasteiger partial charge in [-0.25, -0.2) is 4.98 Å². The molecule has 0 saturated heterocycles. The van der Waals surface area contributed by atoms with Crippen molar-refractivity contribution in [2.24, 2.45) is 0 Å². The fourth-order valence-electron chi connectivity index (χ4n) is 3.77. The first-order valence-electron chi connectivity index (χ1n) is 9.72. The standard InChI is InChI=1S/C25H17N3O3/c1-31-19-12-8-16(9-13-19)21-14-23(17-6-10-18(11-7-17)28(29)30)27-24-15-26-22-5-3-2-4-20(22)25(21)24/h2-15H,1H3. The van der Waals surface area contributed by atoms with Gasteiger partial charge in [0, 0.05) is 28.5 Å². The Hall–Kier alpha value is -4.32. The maximum atomic E-state index is 11.0. The van der Waals surface area contributed by atoms with Gasteiger partial charge in [0.15, 0.2) is 0 Å². The number of hydrogen-bond donors (Lipinski definition) is 0. The lowest BCUT2D eigenvalue weighted by molar-refractivity contribution is -0.384. The molecule has 150 valence electrons. The van der Waals surface area contributed by atoms with Crippen molar-refractivity contribution in [3.05, 3.63) is 95.2 Å². The van der Waals surface area contributed by atoms with Crippen molar-refractivity contribution in [3.63, 3.8) is 0 Å². The molecule has 0 N–H and O–H groups in total. The number of fused-ring (bicyclic) bond motifs is 3. The molecule has 0 aliphatic rings. The summed E-state index contributed by atoms with van der Waals surface area (Å²) < 4.78 is 5.31. The first-order chi connectivity index (χ1) is 15.1. The minimum Gasteiger partial charge on any atom is -0.497 e. The molecule has 0 bridgehead atoms. The van der Waals surface area contributed by atoms with Crippen LogP contribution in [0.2, 0.25) is 0 Å². The van der Waals surface area contributed by atoms with Crippen molar-refractivity contribution >= 4 is 27.5 Å². The molecule has 31 heavy (non-hydrogen) atoms. The molecule has 0 spiro atoms. The second kappa shape index (κ2) is 7.50. The van der Waals surface area contributed by atoms with E-state index in [1.165, 1.54) is 12.1 Å². The second-order valence-electron chi connectivity index (χ2n) is 7.12. The number of nitro benzene ring substituents is 1. The van der Waals surface area contributed by atoms with Crippen LogP contribution in [0.15, 0.2) is 85.1 Å². The van der Waals surface area contributed by atoms with E-state index in [0.717, 1.165) is 49.9 Å². The number of non-ortho nitro benzene ring substituents is 1. The lowest BCUT2D eigenvalue weighted by Crippen LogP contribution is -1.93. The van der Waals surface area contributed by atoms with Crippen molar-refractivity contribution in [2.75, 3.05) is 7.11 Å². The summed E-state index contributed by atoms with van der Waals surface area (Å²) in [6, 6.07) is 24.3. The maximum absolute atomic E-state index is 11.0. The Labute approximate surface area is 177 Å². The van der Waals surface area contributed by atoms with E-state index in [0.29, 0.717) is 0 Å². The van der Waals surface area contributed by atoms with Crippen LogP contribution in [0.3, 0.4) is 0 Å². The number of ether oxygens (including phenoxy) is 1. The van der Waals surface area contributed by atoms with Crippen LogP contribution in [-0.2, 0) is 0 Å². The smallest absolute Gasteiger partial charge is 0.269 e. The number of rotatable bonds is 4. The summed E-state index contributed by atoms with van der Waals surface area (Å²) in [5.74, 6) is 0.782. The zero-order valence-corrected chi connectivity index (χ0v) is 16.6. The van der Waals surface area contributed by atoms with Gasteiger partial charge in [0.2, 0.25) is 0 Å². The molecule has 0 saturated carbocycles. The molecule has 5 rings (SSSR count). The predicted octanol–water partition coefficient (Wildman–Crippen LogP) is 6.03.